The summed E-state index contributed by atoms with van der Waals surface area (Å²) in [5, 5.41) is 10.6. The molecule has 140 valence electrons. The van der Waals surface area contributed by atoms with Crippen molar-refractivity contribution in [1.82, 2.24) is 0 Å². The Kier molecular flexibility index (Phi) is 6.65. The molecule has 0 saturated heterocycles. The van der Waals surface area contributed by atoms with E-state index in [9.17, 15) is 19.7 Å². The Morgan fingerprint density at radius 2 is 1.70 bits per heavy atom. The van der Waals surface area contributed by atoms with E-state index in [1.54, 1.807) is 12.1 Å². The number of benzene rings is 2. The van der Waals surface area contributed by atoms with Crippen LogP contribution in [0.25, 0.3) is 6.08 Å². The van der Waals surface area contributed by atoms with Crippen LogP contribution < -0.4 is 9.47 Å². The van der Waals surface area contributed by atoms with Crippen molar-refractivity contribution in [3.05, 3.63) is 69.8 Å². The van der Waals surface area contributed by atoms with Crippen molar-refractivity contribution in [3.8, 4) is 11.5 Å². The molecule has 2 aromatic rings. The van der Waals surface area contributed by atoms with Gasteiger partial charge in [-0.3, -0.25) is 14.9 Å². The maximum Gasteiger partial charge on any atom is 0.331 e. The first kappa shape index (κ1) is 19.6. The molecule has 0 N–H and O–H groups in total. The van der Waals surface area contributed by atoms with Gasteiger partial charge < -0.3 is 14.2 Å². The zero-order chi connectivity index (χ0) is 19.8. The molecule has 0 aliphatic heterocycles. The van der Waals surface area contributed by atoms with E-state index in [0.717, 1.165) is 6.08 Å². The van der Waals surface area contributed by atoms with Crippen LogP contribution in [0.1, 0.15) is 15.9 Å². The molecule has 0 heterocycles. The summed E-state index contributed by atoms with van der Waals surface area (Å²) in [4.78, 5) is 33.9. The second-order valence-electron chi connectivity index (χ2n) is 5.28. The van der Waals surface area contributed by atoms with Crippen LogP contribution >= 0.6 is 0 Å². The molecule has 27 heavy (non-hydrogen) atoms. The zero-order valence-corrected chi connectivity index (χ0v) is 14.7. The van der Waals surface area contributed by atoms with Gasteiger partial charge in [-0.05, 0) is 42.0 Å². The highest BCUT2D eigenvalue weighted by Crippen LogP contribution is 2.27. The summed E-state index contributed by atoms with van der Waals surface area (Å²) < 4.78 is 15.1. The van der Waals surface area contributed by atoms with Gasteiger partial charge in [-0.2, -0.15) is 0 Å². The predicted octanol–water partition coefficient (Wildman–Crippen LogP) is 3.05. The number of ether oxygens (including phenoxy) is 3. The summed E-state index contributed by atoms with van der Waals surface area (Å²) >= 11 is 0. The topological polar surface area (TPSA) is 105 Å². The third-order valence-electron chi connectivity index (χ3n) is 3.57. The van der Waals surface area contributed by atoms with Crippen molar-refractivity contribution >= 4 is 23.5 Å². The van der Waals surface area contributed by atoms with Gasteiger partial charge in [0, 0.05) is 23.8 Å². The molecule has 0 aliphatic carbocycles. The minimum Gasteiger partial charge on any atom is -0.493 e. The highest BCUT2D eigenvalue weighted by molar-refractivity contribution is 5.99. The molecule has 8 heteroatoms. The van der Waals surface area contributed by atoms with Crippen LogP contribution in [-0.2, 0) is 9.53 Å². The summed E-state index contributed by atoms with van der Waals surface area (Å²) in [6.45, 7) is -0.432. The van der Waals surface area contributed by atoms with E-state index in [1.165, 1.54) is 50.6 Å². The largest absolute Gasteiger partial charge is 0.493 e. The average Bonchev–Trinajstić information content (AvgIpc) is 2.70. The predicted molar refractivity (Wildman–Crippen MR) is 97.0 cm³/mol. The van der Waals surface area contributed by atoms with E-state index in [2.05, 4.69) is 0 Å². The number of nitro benzene ring substituents is 1. The van der Waals surface area contributed by atoms with Gasteiger partial charge in [-0.15, -0.1) is 0 Å². The van der Waals surface area contributed by atoms with Crippen molar-refractivity contribution in [1.29, 1.82) is 0 Å². The average molecular weight is 371 g/mol. The molecule has 0 spiro atoms. The van der Waals surface area contributed by atoms with Gasteiger partial charge in [0.15, 0.2) is 23.9 Å². The maximum absolute atomic E-state index is 12.1. The Balaban J connectivity index is 1.92. The number of hydrogen-bond acceptors (Lipinski definition) is 7. The number of Topliss-reactive ketones (excluding diaryl/α,β-unsaturated/α-hetero) is 1. The highest BCUT2D eigenvalue weighted by Gasteiger charge is 2.12. The molecule has 0 fully saturated rings. The third kappa shape index (κ3) is 5.40. The summed E-state index contributed by atoms with van der Waals surface area (Å²) in [5.41, 5.74) is 0.860. The van der Waals surface area contributed by atoms with Crippen molar-refractivity contribution in [2.75, 3.05) is 20.8 Å². The second kappa shape index (κ2) is 9.14. The molecule has 0 saturated carbocycles. The van der Waals surface area contributed by atoms with Gasteiger partial charge in [0.1, 0.15) is 0 Å². The Labute approximate surface area is 155 Å². The highest BCUT2D eigenvalue weighted by atomic mass is 16.6. The fourth-order valence-corrected chi connectivity index (χ4v) is 2.15. The van der Waals surface area contributed by atoms with Crippen molar-refractivity contribution in [2.24, 2.45) is 0 Å². The van der Waals surface area contributed by atoms with Gasteiger partial charge in [0.2, 0.25) is 0 Å². The maximum atomic E-state index is 12.1. The minimum absolute atomic E-state index is 0.0461. The van der Waals surface area contributed by atoms with Crippen LogP contribution in [-0.4, -0.2) is 37.5 Å². The molecule has 0 atom stereocenters. The molecule has 0 unspecified atom stereocenters. The minimum atomic E-state index is -0.706. The lowest BCUT2D eigenvalue weighted by Crippen LogP contribution is -2.12. The first-order chi connectivity index (χ1) is 12.9. The fourth-order valence-electron chi connectivity index (χ4n) is 2.15. The number of non-ortho nitro benzene ring substituents is 1. The van der Waals surface area contributed by atoms with E-state index >= 15 is 0 Å². The van der Waals surface area contributed by atoms with E-state index in [1.807, 2.05) is 0 Å². The molecule has 0 amide bonds. The molecule has 2 aromatic carbocycles. The van der Waals surface area contributed by atoms with E-state index in [0.29, 0.717) is 22.6 Å². The molecule has 0 aliphatic rings. The van der Waals surface area contributed by atoms with Gasteiger partial charge in [0.25, 0.3) is 5.69 Å². The molecular weight excluding hydrogens is 354 g/mol. The summed E-state index contributed by atoms with van der Waals surface area (Å²) in [7, 11) is 2.94. The summed E-state index contributed by atoms with van der Waals surface area (Å²) in [5.74, 6) is -0.222. The third-order valence-corrected chi connectivity index (χ3v) is 3.57. The van der Waals surface area contributed by atoms with Gasteiger partial charge >= 0.3 is 5.97 Å². The normalized spacial score (nSPS) is 10.4. The quantitative estimate of drug-likeness (QED) is 0.231. The fraction of sp³-hybridized carbons (Fsp3) is 0.158. The summed E-state index contributed by atoms with van der Waals surface area (Å²) in [6.07, 6.45) is 2.58. The molecule has 0 bridgehead atoms. The summed E-state index contributed by atoms with van der Waals surface area (Å²) in [6, 6.07) is 10.3. The van der Waals surface area contributed by atoms with Gasteiger partial charge in [-0.1, -0.05) is 0 Å². The SMILES string of the molecule is COc1ccc(C(=O)COC(=O)/C=C/c2ccc([N+](=O)[O-])cc2)cc1OC. The first-order valence-electron chi connectivity index (χ1n) is 7.79. The van der Waals surface area contributed by atoms with Crippen LogP contribution in [0.3, 0.4) is 0 Å². The molecule has 8 nitrogen and oxygen atoms in total. The number of nitro groups is 1. The van der Waals surface area contributed by atoms with Crippen LogP contribution in [0.2, 0.25) is 0 Å². The lowest BCUT2D eigenvalue weighted by molar-refractivity contribution is -0.384. The number of carbonyl (C=O) groups is 2. The lowest BCUT2D eigenvalue weighted by Gasteiger charge is -2.09. The molecule has 2 rings (SSSR count). The van der Waals surface area contributed by atoms with E-state index < -0.39 is 23.3 Å². The lowest BCUT2D eigenvalue weighted by atomic mass is 10.1. The van der Waals surface area contributed by atoms with Crippen LogP contribution in [0.5, 0.6) is 11.5 Å². The second-order valence-corrected chi connectivity index (χ2v) is 5.28. The number of rotatable bonds is 8. The first-order valence-corrected chi connectivity index (χ1v) is 7.79. The van der Waals surface area contributed by atoms with Crippen molar-refractivity contribution < 1.29 is 28.7 Å². The smallest absolute Gasteiger partial charge is 0.331 e. The molecule has 0 radical (unpaired) electrons. The van der Waals surface area contributed by atoms with Crippen LogP contribution in [0.15, 0.2) is 48.5 Å². The van der Waals surface area contributed by atoms with Gasteiger partial charge in [-0.25, -0.2) is 4.79 Å². The number of hydrogen-bond donors (Lipinski definition) is 0. The Morgan fingerprint density at radius 1 is 1.04 bits per heavy atom. The Bertz CT molecular complexity index is 872. The van der Waals surface area contributed by atoms with E-state index in [-0.39, 0.29) is 5.69 Å². The van der Waals surface area contributed by atoms with Crippen molar-refractivity contribution in [3.63, 3.8) is 0 Å². The van der Waals surface area contributed by atoms with Crippen LogP contribution in [0, 0.1) is 10.1 Å². The number of carbonyl (C=O) groups excluding carboxylic acids is 2. The van der Waals surface area contributed by atoms with Crippen molar-refractivity contribution in [2.45, 2.75) is 0 Å². The van der Waals surface area contributed by atoms with E-state index in [4.69, 9.17) is 14.2 Å². The number of ketones is 1. The zero-order valence-electron chi connectivity index (χ0n) is 14.7. The standard InChI is InChI=1S/C19H17NO7/c1-25-17-9-6-14(11-18(17)26-2)16(21)12-27-19(22)10-5-13-3-7-15(8-4-13)20(23)24/h3-11H,12H2,1-2H3/b10-5+. The Morgan fingerprint density at radius 3 is 2.30 bits per heavy atom. The monoisotopic (exact) mass is 371 g/mol. The molecule has 0 aromatic heterocycles. The number of methoxy groups -OCH3 is 2. The van der Waals surface area contributed by atoms with Crippen LogP contribution in [0.4, 0.5) is 5.69 Å². The number of esters is 1. The molecular formula is C19H17NO7. The van der Waals surface area contributed by atoms with Gasteiger partial charge in [0.05, 0.1) is 19.1 Å². The Hall–Kier alpha value is -3.68. The number of nitrogens with zero attached hydrogens (tertiary/aromatic N) is 1.